The van der Waals surface area contributed by atoms with Crippen LogP contribution >= 0.6 is 0 Å². The van der Waals surface area contributed by atoms with E-state index in [9.17, 15) is 10.1 Å². The zero-order valence-electron chi connectivity index (χ0n) is 21.6. The summed E-state index contributed by atoms with van der Waals surface area (Å²) >= 11 is 0. The fraction of sp³-hybridized carbons (Fsp3) is 0.233. The number of urea groups is 1. The summed E-state index contributed by atoms with van der Waals surface area (Å²) < 4.78 is 12.1. The minimum Gasteiger partial charge on any atom is -0.492 e. The Labute approximate surface area is 222 Å². The van der Waals surface area contributed by atoms with Crippen LogP contribution in [0.3, 0.4) is 0 Å². The van der Waals surface area contributed by atoms with E-state index in [1.807, 2.05) is 30.3 Å². The first-order valence-electron chi connectivity index (χ1n) is 12.6. The van der Waals surface area contributed by atoms with Crippen molar-refractivity contribution in [2.75, 3.05) is 31.1 Å². The highest BCUT2D eigenvalue weighted by molar-refractivity contribution is 5.98. The standard InChI is InChI=1S/C30H31N5O3/c1-3-34(4-2)17-8-18-37-29-20-27-26(19-22(29)21-31)28(15-16-33-27)38-25-13-11-24(12-14-25)35(30(32)36)23-9-6-5-7-10-23/h5-7,9-16,19-20H,3-4,8,17-18H2,1-2H3,(H2,32,36). The van der Waals surface area contributed by atoms with E-state index in [4.69, 9.17) is 15.2 Å². The first-order chi connectivity index (χ1) is 18.5. The van der Waals surface area contributed by atoms with Crippen molar-refractivity contribution in [3.05, 3.63) is 84.6 Å². The predicted octanol–water partition coefficient (Wildman–Crippen LogP) is 6.23. The van der Waals surface area contributed by atoms with Crippen molar-refractivity contribution >= 4 is 28.3 Å². The Morgan fingerprint density at radius 2 is 1.68 bits per heavy atom. The van der Waals surface area contributed by atoms with Crippen LogP contribution in [0.5, 0.6) is 17.2 Å². The number of amides is 2. The highest BCUT2D eigenvalue weighted by Crippen LogP contribution is 2.34. The number of anilines is 2. The summed E-state index contributed by atoms with van der Waals surface area (Å²) in [5.41, 5.74) is 8.02. The third-order valence-corrected chi connectivity index (χ3v) is 6.25. The van der Waals surface area contributed by atoms with Gasteiger partial charge < -0.3 is 20.1 Å². The zero-order valence-corrected chi connectivity index (χ0v) is 21.6. The second kappa shape index (κ2) is 12.6. The number of aromatic nitrogens is 1. The molecular formula is C30H31N5O3. The lowest BCUT2D eigenvalue weighted by molar-refractivity contribution is 0.249. The van der Waals surface area contributed by atoms with Gasteiger partial charge in [0.2, 0.25) is 0 Å². The summed E-state index contributed by atoms with van der Waals surface area (Å²) in [5, 5.41) is 10.5. The van der Waals surface area contributed by atoms with Crippen LogP contribution in [-0.4, -0.2) is 42.2 Å². The molecule has 2 N–H and O–H groups in total. The molecule has 0 aliphatic heterocycles. The SMILES string of the molecule is CCN(CC)CCCOc1cc2nccc(Oc3ccc(N(C(N)=O)c4ccccc4)cc3)c2cc1C#N. The lowest BCUT2D eigenvalue weighted by atomic mass is 10.1. The summed E-state index contributed by atoms with van der Waals surface area (Å²) in [6.07, 6.45) is 2.53. The van der Waals surface area contributed by atoms with Gasteiger partial charge in [-0.1, -0.05) is 32.0 Å². The van der Waals surface area contributed by atoms with Crippen LogP contribution in [0.1, 0.15) is 25.8 Å². The van der Waals surface area contributed by atoms with Gasteiger partial charge in [-0.3, -0.25) is 9.88 Å². The number of nitriles is 1. The third kappa shape index (κ3) is 6.20. The van der Waals surface area contributed by atoms with E-state index in [-0.39, 0.29) is 0 Å². The zero-order chi connectivity index (χ0) is 26.9. The third-order valence-electron chi connectivity index (χ3n) is 6.25. The number of pyridine rings is 1. The topological polar surface area (TPSA) is 105 Å². The van der Waals surface area contributed by atoms with Gasteiger partial charge in [-0.05, 0) is 68.0 Å². The minimum atomic E-state index is -0.583. The van der Waals surface area contributed by atoms with Crippen molar-refractivity contribution in [1.29, 1.82) is 5.26 Å². The van der Waals surface area contributed by atoms with Gasteiger partial charge in [0.1, 0.15) is 23.3 Å². The van der Waals surface area contributed by atoms with Crippen LogP contribution in [0.15, 0.2) is 79.0 Å². The molecule has 38 heavy (non-hydrogen) atoms. The Balaban J connectivity index is 1.52. The number of primary amides is 1. The number of benzene rings is 3. The maximum atomic E-state index is 12.1. The summed E-state index contributed by atoms with van der Waals surface area (Å²) in [6, 6.07) is 23.2. The summed E-state index contributed by atoms with van der Waals surface area (Å²) in [4.78, 5) is 20.3. The van der Waals surface area contributed by atoms with Crippen molar-refractivity contribution in [1.82, 2.24) is 9.88 Å². The van der Waals surface area contributed by atoms with E-state index in [1.54, 1.807) is 48.7 Å². The molecule has 0 spiro atoms. The van der Waals surface area contributed by atoms with Gasteiger partial charge in [-0.15, -0.1) is 0 Å². The maximum absolute atomic E-state index is 12.1. The predicted molar refractivity (Wildman–Crippen MR) is 149 cm³/mol. The largest absolute Gasteiger partial charge is 0.492 e. The molecule has 0 bridgehead atoms. The lowest BCUT2D eigenvalue weighted by Crippen LogP contribution is -2.31. The Morgan fingerprint density at radius 3 is 2.34 bits per heavy atom. The molecular weight excluding hydrogens is 478 g/mol. The fourth-order valence-corrected chi connectivity index (χ4v) is 4.23. The molecule has 8 nitrogen and oxygen atoms in total. The van der Waals surface area contributed by atoms with Gasteiger partial charge in [-0.25, -0.2) is 4.79 Å². The highest BCUT2D eigenvalue weighted by Gasteiger charge is 2.16. The van der Waals surface area contributed by atoms with Gasteiger partial charge in [0.25, 0.3) is 0 Å². The Kier molecular flexibility index (Phi) is 8.75. The second-order valence-corrected chi connectivity index (χ2v) is 8.62. The molecule has 0 aliphatic carbocycles. The molecule has 0 fully saturated rings. The molecule has 0 saturated heterocycles. The van der Waals surface area contributed by atoms with Crippen LogP contribution in [0, 0.1) is 11.3 Å². The molecule has 0 atom stereocenters. The summed E-state index contributed by atoms with van der Waals surface area (Å²) in [6.45, 7) is 7.75. The molecule has 194 valence electrons. The van der Waals surface area contributed by atoms with Crippen LogP contribution < -0.4 is 20.1 Å². The minimum absolute atomic E-state index is 0.425. The number of ether oxygens (including phenoxy) is 2. The molecule has 3 aromatic carbocycles. The second-order valence-electron chi connectivity index (χ2n) is 8.62. The number of hydrogen-bond acceptors (Lipinski definition) is 6. The van der Waals surface area contributed by atoms with Crippen molar-refractivity contribution in [2.24, 2.45) is 5.73 Å². The number of fused-ring (bicyclic) bond motifs is 1. The molecule has 4 aromatic rings. The molecule has 0 radical (unpaired) electrons. The van der Waals surface area contributed by atoms with Crippen molar-refractivity contribution in [3.63, 3.8) is 0 Å². The molecule has 1 aromatic heterocycles. The quantitative estimate of drug-likeness (QED) is 0.240. The lowest BCUT2D eigenvalue weighted by Gasteiger charge is -2.21. The molecule has 2 amide bonds. The Morgan fingerprint density at radius 1 is 0.974 bits per heavy atom. The van der Waals surface area contributed by atoms with Gasteiger partial charge in [0, 0.05) is 24.2 Å². The number of rotatable bonds is 11. The van der Waals surface area contributed by atoms with Gasteiger partial charge >= 0.3 is 6.03 Å². The van der Waals surface area contributed by atoms with E-state index in [1.165, 1.54) is 4.90 Å². The fourth-order valence-electron chi connectivity index (χ4n) is 4.23. The molecule has 0 aliphatic rings. The molecule has 0 saturated carbocycles. The average Bonchev–Trinajstić information content (AvgIpc) is 2.94. The Hall–Kier alpha value is -4.61. The monoisotopic (exact) mass is 509 g/mol. The molecule has 4 rings (SSSR count). The number of carbonyl (C=O) groups is 1. The normalized spacial score (nSPS) is 10.8. The number of carbonyl (C=O) groups excluding carboxylic acids is 1. The first-order valence-corrected chi connectivity index (χ1v) is 12.6. The van der Waals surface area contributed by atoms with Crippen molar-refractivity contribution in [3.8, 4) is 23.3 Å². The van der Waals surface area contributed by atoms with Crippen molar-refractivity contribution in [2.45, 2.75) is 20.3 Å². The smallest absolute Gasteiger partial charge is 0.323 e. The summed E-state index contributed by atoms with van der Waals surface area (Å²) in [7, 11) is 0. The number of para-hydroxylation sites is 1. The number of nitrogens with two attached hydrogens (primary N) is 1. The molecule has 8 heteroatoms. The Bertz CT molecular complexity index is 1410. The van der Waals surface area contributed by atoms with Gasteiger partial charge in [0.15, 0.2) is 0 Å². The van der Waals surface area contributed by atoms with Crippen molar-refractivity contribution < 1.29 is 14.3 Å². The maximum Gasteiger partial charge on any atom is 0.323 e. The van der Waals surface area contributed by atoms with Crippen LogP contribution in [0.2, 0.25) is 0 Å². The van der Waals surface area contributed by atoms with Gasteiger partial charge in [0.05, 0.1) is 29.1 Å². The van der Waals surface area contributed by atoms with E-state index in [2.05, 4.69) is 29.8 Å². The van der Waals surface area contributed by atoms with E-state index >= 15 is 0 Å². The molecule has 0 unspecified atom stereocenters. The average molecular weight is 510 g/mol. The van der Waals surface area contributed by atoms with E-state index in [0.29, 0.717) is 51.7 Å². The van der Waals surface area contributed by atoms with Crippen LogP contribution in [0.25, 0.3) is 10.9 Å². The molecule has 1 heterocycles. The summed E-state index contributed by atoms with van der Waals surface area (Å²) in [5.74, 6) is 1.64. The van der Waals surface area contributed by atoms with Gasteiger partial charge in [-0.2, -0.15) is 5.26 Å². The first kappa shape index (κ1) is 26.5. The number of hydrogen-bond donors (Lipinski definition) is 1. The van der Waals surface area contributed by atoms with Crippen LogP contribution in [0.4, 0.5) is 16.2 Å². The highest BCUT2D eigenvalue weighted by atomic mass is 16.5. The van der Waals surface area contributed by atoms with E-state index < -0.39 is 6.03 Å². The van der Waals surface area contributed by atoms with E-state index in [0.717, 1.165) is 26.1 Å². The van der Waals surface area contributed by atoms with Crippen LogP contribution in [-0.2, 0) is 0 Å². The number of nitrogens with zero attached hydrogens (tertiary/aromatic N) is 4.